The molecule has 7 N–H and O–H groups in total. The Morgan fingerprint density at radius 3 is 2.50 bits per heavy atom. The Kier molecular flexibility index (Phi) is 14.6. The largest absolute Gasteiger partial charge is 0.490 e. The van der Waals surface area contributed by atoms with Crippen molar-refractivity contribution in [1.29, 1.82) is 0 Å². The molecule has 0 bridgehead atoms. The summed E-state index contributed by atoms with van der Waals surface area (Å²) in [6.45, 7) is 7.02. The molecule has 1 saturated heterocycles. The first-order chi connectivity index (χ1) is 23.0. The van der Waals surface area contributed by atoms with E-state index in [9.17, 15) is 23.4 Å². The quantitative estimate of drug-likeness (QED) is 0.0611. The van der Waals surface area contributed by atoms with Gasteiger partial charge in [0.1, 0.15) is 33.8 Å². The molecule has 25 heteroatoms. The molecule has 0 spiro atoms. The van der Waals surface area contributed by atoms with Crippen molar-refractivity contribution in [1.82, 2.24) is 9.55 Å². The number of nitrogens with zero attached hydrogens (tertiary/aromatic N) is 3. The topological polar surface area (TPSA) is 277 Å². The summed E-state index contributed by atoms with van der Waals surface area (Å²) in [5, 5.41) is 7.73. The van der Waals surface area contributed by atoms with E-state index >= 15 is 0 Å². The molecule has 2 unspecified atom stereocenters. The number of thiocarbonyl (C=S) groups is 1. The van der Waals surface area contributed by atoms with E-state index in [0.29, 0.717) is 10.0 Å². The molecule has 276 valence electrons. The van der Waals surface area contributed by atoms with Gasteiger partial charge in [-0.25, -0.2) is 18.5 Å². The van der Waals surface area contributed by atoms with Gasteiger partial charge in [0.2, 0.25) is 0 Å². The second-order valence-electron chi connectivity index (χ2n) is 10.8. The molecule has 4 rings (SSSR count). The summed E-state index contributed by atoms with van der Waals surface area (Å²) >= 11 is 12.7. The van der Waals surface area contributed by atoms with Crippen molar-refractivity contribution < 1.29 is 60.4 Å². The van der Waals surface area contributed by atoms with Gasteiger partial charge in [0.25, 0.3) is 0 Å². The smallest absolute Gasteiger partial charge is 0.469 e. The normalized spacial score (nSPS) is 18.9. The lowest BCUT2D eigenvalue weighted by Gasteiger charge is -2.18. The highest BCUT2D eigenvalue weighted by molar-refractivity contribution is 8.00. The molecule has 2 aromatic heterocycles. The second-order valence-corrected chi connectivity index (χ2v) is 17.2. The minimum atomic E-state index is -5.58. The average Bonchev–Trinajstić information content (AvgIpc) is 3.60. The number of benzene rings is 1. The maximum atomic E-state index is 11.7. The number of hydrogen-bond acceptors (Lipinski definition) is 15. The Balaban J connectivity index is 0.000000274. The van der Waals surface area contributed by atoms with Crippen molar-refractivity contribution in [2.24, 2.45) is 5.16 Å². The first-order valence-electron chi connectivity index (χ1n) is 13.8. The van der Waals surface area contributed by atoms with Crippen LogP contribution in [0.4, 0.5) is 11.5 Å². The Morgan fingerprint density at radius 2 is 1.90 bits per heavy atom. The van der Waals surface area contributed by atoms with Gasteiger partial charge in [-0.2, -0.15) is 13.6 Å². The van der Waals surface area contributed by atoms with Crippen molar-refractivity contribution in [2.45, 2.75) is 45.0 Å². The standard InChI is InChI=1S/C17H19ClN2O2S.C8H14N3O12P3S/c1-11-14(7-8-21-11)16(23)20-13-5-6-15(18)12(9-13)10-19-22-17(2,3)4;9-5-1-2-11(8(12)10-5)6-4-27-7(21-6)3-20-25(16,17)23-26(18,19)22-24(13,14)15/h5-10H,1-4H3,(H,20,23);1-2,6-7H,3-4H2,(H,16,17)(H,18,19)(H2,9,10,12)(H2,13,14,15)/b19-10+;/t;6-,7+/m.1/s1. The number of aromatic nitrogens is 2. The van der Waals surface area contributed by atoms with Crippen LogP contribution in [0.25, 0.3) is 0 Å². The van der Waals surface area contributed by atoms with Crippen molar-refractivity contribution >= 4 is 81.8 Å². The fourth-order valence-electron chi connectivity index (χ4n) is 3.56. The van der Waals surface area contributed by atoms with E-state index in [4.69, 9.17) is 58.2 Å². The third-order valence-corrected chi connectivity index (χ3v) is 11.1. The van der Waals surface area contributed by atoms with Crippen LogP contribution in [-0.2, 0) is 36.4 Å². The number of ether oxygens (including phenoxy) is 1. The molecular weight excluding hydrogens is 787 g/mol. The summed E-state index contributed by atoms with van der Waals surface area (Å²) in [4.78, 5) is 56.4. The van der Waals surface area contributed by atoms with Gasteiger partial charge >= 0.3 is 29.2 Å². The zero-order valence-electron chi connectivity index (χ0n) is 26.5. The second kappa shape index (κ2) is 17.4. The van der Waals surface area contributed by atoms with Crippen LogP contribution < -0.4 is 16.7 Å². The molecule has 4 atom stereocenters. The molecular formula is C25H33ClN5O14P3S2. The molecule has 3 heterocycles. The van der Waals surface area contributed by atoms with Gasteiger partial charge in [0.05, 0.1) is 24.6 Å². The summed E-state index contributed by atoms with van der Waals surface area (Å²) in [7, 11) is -16.3. The van der Waals surface area contributed by atoms with E-state index in [0.717, 1.165) is 38.9 Å². The van der Waals surface area contributed by atoms with Crippen LogP contribution in [0, 0.1) is 6.92 Å². The van der Waals surface area contributed by atoms with Crippen molar-refractivity contribution in [3.8, 4) is 0 Å². The van der Waals surface area contributed by atoms with Crippen LogP contribution in [0.2, 0.25) is 5.02 Å². The number of aryl methyl sites for hydroxylation is 1. The minimum absolute atomic E-state index is 0.0195. The molecule has 1 fully saturated rings. The predicted octanol–water partition coefficient (Wildman–Crippen LogP) is 4.93. The van der Waals surface area contributed by atoms with Crippen molar-refractivity contribution in [3.05, 3.63) is 75.2 Å². The average molecular weight is 820 g/mol. The Morgan fingerprint density at radius 1 is 1.20 bits per heavy atom. The maximum Gasteiger partial charge on any atom is 0.490 e. The Hall–Kier alpha value is -2.45. The van der Waals surface area contributed by atoms with Crippen LogP contribution in [0.15, 0.2) is 57.2 Å². The number of hydrogen-bond donors (Lipinski definition) is 6. The third-order valence-electron chi connectivity index (χ3n) is 5.56. The molecule has 0 amide bonds. The monoisotopic (exact) mass is 819 g/mol. The minimum Gasteiger partial charge on any atom is -0.469 e. The van der Waals surface area contributed by atoms with Gasteiger partial charge in [-0.05, 0) is 58.0 Å². The van der Waals surface area contributed by atoms with Gasteiger partial charge in [-0.3, -0.25) is 9.09 Å². The zero-order valence-corrected chi connectivity index (χ0v) is 31.6. The van der Waals surface area contributed by atoms with Gasteiger partial charge in [0.15, 0.2) is 0 Å². The number of oxime groups is 1. The number of rotatable bonds is 12. The number of nitrogen functional groups attached to an aromatic ring is 1. The number of thioether (sulfide) groups is 1. The van der Waals surface area contributed by atoms with Gasteiger partial charge in [-0.1, -0.05) is 29.0 Å². The molecule has 0 radical (unpaired) electrons. The molecule has 3 aromatic rings. The van der Waals surface area contributed by atoms with Crippen LogP contribution in [0.5, 0.6) is 0 Å². The number of phosphoric ester groups is 1. The van der Waals surface area contributed by atoms with E-state index in [-0.39, 0.29) is 17.2 Å². The molecule has 1 aromatic carbocycles. The summed E-state index contributed by atoms with van der Waals surface area (Å²) in [6.07, 6.45) is 3.78. The molecule has 0 aliphatic carbocycles. The Bertz CT molecular complexity index is 1900. The summed E-state index contributed by atoms with van der Waals surface area (Å²) in [5.41, 5.74) is 5.90. The first-order valence-corrected chi connectivity index (χ1v) is 20.1. The lowest BCUT2D eigenvalue weighted by Crippen LogP contribution is -2.28. The lowest BCUT2D eigenvalue weighted by atomic mass is 10.2. The molecule has 1 aliphatic heterocycles. The molecule has 1 aliphatic rings. The highest BCUT2D eigenvalue weighted by Crippen LogP contribution is 2.66. The zero-order chi connectivity index (χ0) is 37.5. The fourth-order valence-corrected chi connectivity index (χ4v) is 8.17. The van der Waals surface area contributed by atoms with Gasteiger partial charge in [0, 0.05) is 28.2 Å². The number of nitrogens with two attached hydrogens (primary N) is 1. The van der Waals surface area contributed by atoms with E-state index in [2.05, 4.69) is 28.6 Å². The van der Waals surface area contributed by atoms with Gasteiger partial charge < -0.3 is 44.6 Å². The maximum absolute atomic E-state index is 11.7. The highest BCUT2D eigenvalue weighted by Gasteiger charge is 2.41. The molecule has 50 heavy (non-hydrogen) atoms. The van der Waals surface area contributed by atoms with Crippen LogP contribution in [-0.4, -0.2) is 63.7 Å². The number of anilines is 2. The highest BCUT2D eigenvalue weighted by atomic mass is 35.5. The summed E-state index contributed by atoms with van der Waals surface area (Å²) in [6, 6.07) is 8.70. The number of furan rings is 1. The lowest BCUT2D eigenvalue weighted by molar-refractivity contribution is -0.00646. The third kappa shape index (κ3) is 14.3. The fraction of sp³-hybridized carbons (Fsp3) is 0.360. The summed E-state index contributed by atoms with van der Waals surface area (Å²) < 4.78 is 56.8. The number of halogens is 1. The molecule has 19 nitrogen and oxygen atoms in total. The van der Waals surface area contributed by atoms with E-state index in [1.165, 1.54) is 12.3 Å². The van der Waals surface area contributed by atoms with Crippen molar-refractivity contribution in [3.63, 3.8) is 0 Å². The SMILES string of the molecule is Cc1occc1C(=S)Nc1ccc(Cl)c(/C=N/OC(C)(C)C)c1.Nc1ccn([C@H]2CS[C@@H](COP(=O)(O)OP(=O)(O)OP(=O)(O)O)O2)c(=O)n1. The number of phosphoric acid groups is 3. The summed E-state index contributed by atoms with van der Waals surface area (Å²) in [5.74, 6) is 1.04. The van der Waals surface area contributed by atoms with Crippen molar-refractivity contribution in [2.75, 3.05) is 23.4 Å². The van der Waals surface area contributed by atoms with Crippen LogP contribution in [0.1, 0.15) is 43.9 Å². The number of nitrogens with one attached hydrogen (secondary N) is 1. The van der Waals surface area contributed by atoms with E-state index in [1.807, 2.05) is 45.9 Å². The van der Waals surface area contributed by atoms with Crippen LogP contribution in [0.3, 0.4) is 0 Å². The predicted molar refractivity (Wildman–Crippen MR) is 188 cm³/mol. The van der Waals surface area contributed by atoms with Crippen LogP contribution >= 0.6 is 59.0 Å². The van der Waals surface area contributed by atoms with Gasteiger partial charge in [-0.15, -0.1) is 11.8 Å². The van der Waals surface area contributed by atoms with E-state index < -0.39 is 47.4 Å². The van der Waals surface area contributed by atoms with E-state index in [1.54, 1.807) is 18.5 Å². The molecule has 0 saturated carbocycles. The first kappa shape index (κ1) is 42.0. The Labute approximate surface area is 299 Å².